The highest BCUT2D eigenvalue weighted by molar-refractivity contribution is 5.34. The molecule has 112 valence electrons. The second-order valence-corrected chi connectivity index (χ2v) is 5.47. The Balaban J connectivity index is 2.09. The zero-order valence-electron chi connectivity index (χ0n) is 13.3. The van der Waals surface area contributed by atoms with Gasteiger partial charge in [0, 0.05) is 18.3 Å². The summed E-state index contributed by atoms with van der Waals surface area (Å²) in [6, 6.07) is 10.9. The third-order valence-corrected chi connectivity index (χ3v) is 3.99. The molecule has 0 radical (unpaired) electrons. The molecule has 0 aliphatic heterocycles. The second kappa shape index (κ2) is 7.23. The Morgan fingerprint density at radius 3 is 2.33 bits per heavy atom. The number of nitrogens with one attached hydrogen (secondary N) is 1. The van der Waals surface area contributed by atoms with Gasteiger partial charge in [-0.25, -0.2) is 4.98 Å². The highest BCUT2D eigenvalue weighted by Crippen LogP contribution is 2.17. The van der Waals surface area contributed by atoms with E-state index in [0.29, 0.717) is 11.9 Å². The average molecular weight is 284 g/mol. The number of rotatable bonds is 6. The summed E-state index contributed by atoms with van der Waals surface area (Å²) in [6.45, 7) is 4.37. The number of aryl methyl sites for hydroxylation is 2. The molecule has 1 N–H and O–H groups in total. The van der Waals surface area contributed by atoms with Crippen LogP contribution in [-0.2, 0) is 12.8 Å². The second-order valence-electron chi connectivity index (χ2n) is 5.47. The Morgan fingerprint density at radius 1 is 1.10 bits per heavy atom. The zero-order valence-corrected chi connectivity index (χ0v) is 13.3. The maximum absolute atomic E-state index is 5.10. The molecule has 1 aromatic heterocycles. The number of ether oxygens (including phenoxy) is 1. The number of likely N-dealkylation sites (N-methyl/N-ethyl adjacent to an activating group) is 1. The van der Waals surface area contributed by atoms with Crippen LogP contribution in [0.1, 0.15) is 22.3 Å². The monoisotopic (exact) mass is 284 g/mol. The molecule has 0 saturated heterocycles. The van der Waals surface area contributed by atoms with E-state index in [9.17, 15) is 0 Å². The lowest BCUT2D eigenvalue weighted by Crippen LogP contribution is -2.30. The van der Waals surface area contributed by atoms with E-state index in [4.69, 9.17) is 4.74 Å². The lowest BCUT2D eigenvalue weighted by atomic mass is 9.94. The summed E-state index contributed by atoms with van der Waals surface area (Å²) < 4.78 is 5.10. The molecule has 3 nitrogen and oxygen atoms in total. The molecule has 1 atom stereocenters. The van der Waals surface area contributed by atoms with Crippen molar-refractivity contribution < 1.29 is 4.74 Å². The van der Waals surface area contributed by atoms with Crippen LogP contribution in [0.3, 0.4) is 0 Å². The van der Waals surface area contributed by atoms with Gasteiger partial charge in [0.1, 0.15) is 0 Å². The van der Waals surface area contributed by atoms with Crippen molar-refractivity contribution in [3.63, 3.8) is 0 Å². The van der Waals surface area contributed by atoms with Crippen molar-refractivity contribution in [1.82, 2.24) is 10.3 Å². The Bertz CT molecular complexity index is 558. The van der Waals surface area contributed by atoms with E-state index in [1.165, 1.54) is 22.3 Å². The van der Waals surface area contributed by atoms with E-state index in [1.54, 1.807) is 7.11 Å². The van der Waals surface area contributed by atoms with Crippen LogP contribution in [0.2, 0.25) is 0 Å². The quantitative estimate of drug-likeness (QED) is 0.885. The SMILES string of the molecule is CNC(Cc1ccc(OC)nc1)Cc1c(C)cccc1C. The van der Waals surface area contributed by atoms with Crippen LogP contribution in [-0.4, -0.2) is 25.2 Å². The fourth-order valence-electron chi connectivity index (χ4n) is 2.63. The molecule has 1 heterocycles. The molecule has 0 aliphatic rings. The van der Waals surface area contributed by atoms with E-state index < -0.39 is 0 Å². The number of hydrogen-bond acceptors (Lipinski definition) is 3. The van der Waals surface area contributed by atoms with Crippen molar-refractivity contribution in [2.24, 2.45) is 0 Å². The fraction of sp³-hybridized carbons (Fsp3) is 0.389. The number of aromatic nitrogens is 1. The molecule has 3 heteroatoms. The molecule has 1 aromatic carbocycles. The number of benzene rings is 1. The van der Waals surface area contributed by atoms with Gasteiger partial charge < -0.3 is 10.1 Å². The topological polar surface area (TPSA) is 34.1 Å². The van der Waals surface area contributed by atoms with Crippen LogP contribution >= 0.6 is 0 Å². The molecule has 2 rings (SSSR count). The lowest BCUT2D eigenvalue weighted by Gasteiger charge is -2.19. The van der Waals surface area contributed by atoms with E-state index >= 15 is 0 Å². The van der Waals surface area contributed by atoms with Crippen molar-refractivity contribution in [3.05, 3.63) is 58.8 Å². The zero-order chi connectivity index (χ0) is 15.2. The average Bonchev–Trinajstić information content (AvgIpc) is 2.50. The molecule has 21 heavy (non-hydrogen) atoms. The third kappa shape index (κ3) is 4.05. The van der Waals surface area contributed by atoms with Gasteiger partial charge in [-0.1, -0.05) is 24.3 Å². The standard InChI is InChI=1S/C18H24N2O/c1-13-6-5-7-14(2)17(13)11-16(19-3)10-15-8-9-18(21-4)20-12-15/h5-9,12,16,19H,10-11H2,1-4H3. The minimum absolute atomic E-state index is 0.403. The Labute approximate surface area is 127 Å². The molecule has 0 amide bonds. The molecule has 2 aromatic rings. The Kier molecular flexibility index (Phi) is 5.34. The minimum atomic E-state index is 0.403. The summed E-state index contributed by atoms with van der Waals surface area (Å²) in [7, 11) is 3.66. The van der Waals surface area contributed by atoms with Gasteiger partial charge in [-0.3, -0.25) is 0 Å². The van der Waals surface area contributed by atoms with Crippen LogP contribution < -0.4 is 10.1 Å². The molecular weight excluding hydrogens is 260 g/mol. The van der Waals surface area contributed by atoms with Gasteiger partial charge in [-0.2, -0.15) is 0 Å². The van der Waals surface area contributed by atoms with Crippen LogP contribution in [0.4, 0.5) is 0 Å². The highest BCUT2D eigenvalue weighted by atomic mass is 16.5. The maximum atomic E-state index is 5.10. The van der Waals surface area contributed by atoms with Crippen LogP contribution in [0, 0.1) is 13.8 Å². The predicted octanol–water partition coefficient (Wildman–Crippen LogP) is 3.08. The van der Waals surface area contributed by atoms with Crippen LogP contribution in [0.5, 0.6) is 5.88 Å². The van der Waals surface area contributed by atoms with Gasteiger partial charge in [-0.05, 0) is 56.0 Å². The van der Waals surface area contributed by atoms with Crippen molar-refractivity contribution >= 4 is 0 Å². The van der Waals surface area contributed by atoms with Gasteiger partial charge in [-0.15, -0.1) is 0 Å². The van der Waals surface area contributed by atoms with E-state index in [0.717, 1.165) is 12.8 Å². The van der Waals surface area contributed by atoms with E-state index in [-0.39, 0.29) is 0 Å². The molecule has 1 unspecified atom stereocenters. The Hall–Kier alpha value is -1.87. The van der Waals surface area contributed by atoms with Crippen molar-refractivity contribution in [2.75, 3.05) is 14.2 Å². The first kappa shape index (κ1) is 15.5. The fourth-order valence-corrected chi connectivity index (χ4v) is 2.63. The minimum Gasteiger partial charge on any atom is -0.481 e. The summed E-state index contributed by atoms with van der Waals surface area (Å²) in [5.41, 5.74) is 5.39. The van der Waals surface area contributed by atoms with Gasteiger partial charge in [0.2, 0.25) is 5.88 Å². The number of methoxy groups -OCH3 is 1. The smallest absolute Gasteiger partial charge is 0.212 e. The van der Waals surface area contributed by atoms with Crippen LogP contribution in [0.25, 0.3) is 0 Å². The van der Waals surface area contributed by atoms with Crippen LogP contribution in [0.15, 0.2) is 36.5 Å². The first-order valence-electron chi connectivity index (χ1n) is 7.35. The van der Waals surface area contributed by atoms with Gasteiger partial charge >= 0.3 is 0 Å². The highest BCUT2D eigenvalue weighted by Gasteiger charge is 2.12. The Morgan fingerprint density at radius 2 is 1.81 bits per heavy atom. The third-order valence-electron chi connectivity index (χ3n) is 3.99. The van der Waals surface area contributed by atoms with Crippen molar-refractivity contribution in [2.45, 2.75) is 32.7 Å². The van der Waals surface area contributed by atoms with Crippen molar-refractivity contribution in [1.29, 1.82) is 0 Å². The number of nitrogens with zero attached hydrogens (tertiary/aromatic N) is 1. The van der Waals surface area contributed by atoms with E-state index in [1.807, 2.05) is 19.3 Å². The number of pyridine rings is 1. The van der Waals surface area contributed by atoms with Gasteiger partial charge in [0.25, 0.3) is 0 Å². The maximum Gasteiger partial charge on any atom is 0.212 e. The lowest BCUT2D eigenvalue weighted by molar-refractivity contribution is 0.397. The van der Waals surface area contributed by atoms with Crippen molar-refractivity contribution in [3.8, 4) is 5.88 Å². The molecular formula is C18H24N2O. The normalized spacial score (nSPS) is 12.2. The largest absolute Gasteiger partial charge is 0.481 e. The van der Waals surface area contributed by atoms with E-state index in [2.05, 4.69) is 48.4 Å². The van der Waals surface area contributed by atoms with Gasteiger partial charge in [0.05, 0.1) is 7.11 Å². The summed E-state index contributed by atoms with van der Waals surface area (Å²) in [6.07, 6.45) is 3.89. The number of hydrogen-bond donors (Lipinski definition) is 1. The molecule has 0 bridgehead atoms. The predicted molar refractivity (Wildman–Crippen MR) is 87.0 cm³/mol. The molecule has 0 fully saturated rings. The summed E-state index contributed by atoms with van der Waals surface area (Å²) in [4.78, 5) is 4.28. The summed E-state index contributed by atoms with van der Waals surface area (Å²) in [5.74, 6) is 0.662. The molecule has 0 saturated carbocycles. The molecule has 0 spiro atoms. The summed E-state index contributed by atoms with van der Waals surface area (Å²) in [5, 5.41) is 3.42. The first-order valence-corrected chi connectivity index (χ1v) is 7.35. The summed E-state index contributed by atoms with van der Waals surface area (Å²) >= 11 is 0. The molecule has 0 aliphatic carbocycles. The van der Waals surface area contributed by atoms with Gasteiger partial charge in [0.15, 0.2) is 0 Å². The first-order chi connectivity index (χ1) is 10.1.